The Morgan fingerprint density at radius 2 is 1.87 bits per heavy atom. The highest BCUT2D eigenvalue weighted by Gasteiger charge is 2.42. The minimum absolute atomic E-state index is 0.0424. The molecule has 1 fully saturated rings. The molecule has 0 bridgehead atoms. The van der Waals surface area contributed by atoms with Gasteiger partial charge < -0.3 is 20.1 Å². The monoisotopic (exact) mass is 406 g/mol. The number of fused-ring (bicyclic) bond motifs is 1. The van der Waals surface area contributed by atoms with E-state index >= 15 is 0 Å². The van der Waals surface area contributed by atoms with Crippen molar-refractivity contribution in [1.82, 2.24) is 10.2 Å². The van der Waals surface area contributed by atoms with Crippen molar-refractivity contribution < 1.29 is 24.2 Å². The summed E-state index contributed by atoms with van der Waals surface area (Å²) in [6.45, 7) is 0.342. The van der Waals surface area contributed by atoms with Crippen molar-refractivity contribution >= 4 is 17.6 Å². The number of benzene rings is 2. The fourth-order valence-corrected chi connectivity index (χ4v) is 3.78. The summed E-state index contributed by atoms with van der Waals surface area (Å²) in [5.74, 6) is -0.227. The zero-order valence-electron chi connectivity index (χ0n) is 16.3. The van der Waals surface area contributed by atoms with Crippen molar-refractivity contribution in [3.05, 3.63) is 77.6 Å². The highest BCUT2D eigenvalue weighted by atomic mass is 16.5. The molecule has 2 unspecified atom stereocenters. The molecule has 0 radical (unpaired) electrons. The molecule has 0 aromatic heterocycles. The number of amides is 2. The van der Waals surface area contributed by atoms with E-state index in [1.807, 2.05) is 12.1 Å². The van der Waals surface area contributed by atoms with Gasteiger partial charge in [0, 0.05) is 18.5 Å². The van der Waals surface area contributed by atoms with Gasteiger partial charge in [-0.05, 0) is 42.3 Å². The third-order valence-electron chi connectivity index (χ3n) is 5.28. The van der Waals surface area contributed by atoms with Crippen molar-refractivity contribution in [3.63, 3.8) is 0 Å². The molecule has 2 atom stereocenters. The first-order valence-electron chi connectivity index (χ1n) is 9.83. The summed E-state index contributed by atoms with van der Waals surface area (Å²) in [6.07, 6.45) is 2.66. The number of carbonyl (C=O) groups excluding carboxylic acids is 3. The van der Waals surface area contributed by atoms with Crippen LogP contribution in [0.1, 0.15) is 22.3 Å². The van der Waals surface area contributed by atoms with Crippen molar-refractivity contribution in [1.29, 1.82) is 0 Å². The van der Waals surface area contributed by atoms with Gasteiger partial charge in [0.2, 0.25) is 5.91 Å². The lowest BCUT2D eigenvalue weighted by Crippen LogP contribution is -2.55. The second-order valence-electron chi connectivity index (χ2n) is 7.35. The van der Waals surface area contributed by atoms with Crippen LogP contribution in [0.25, 0.3) is 0 Å². The first-order chi connectivity index (χ1) is 14.5. The number of Topliss-reactive ketones (excluding diaryl/α,β-unsaturated/α-hetero) is 1. The number of hydrogen-bond acceptors (Lipinski definition) is 5. The van der Waals surface area contributed by atoms with Gasteiger partial charge in [-0.3, -0.25) is 14.4 Å². The van der Waals surface area contributed by atoms with E-state index in [9.17, 15) is 19.5 Å². The third kappa shape index (κ3) is 4.05. The topological polar surface area (TPSA) is 95.9 Å². The lowest BCUT2D eigenvalue weighted by Gasteiger charge is -2.33. The zero-order valence-corrected chi connectivity index (χ0v) is 16.3. The van der Waals surface area contributed by atoms with Crippen molar-refractivity contribution in [2.24, 2.45) is 0 Å². The first kappa shape index (κ1) is 19.7. The Kier molecular flexibility index (Phi) is 5.52. The quantitative estimate of drug-likeness (QED) is 0.790. The van der Waals surface area contributed by atoms with Gasteiger partial charge >= 0.3 is 0 Å². The smallest absolute Gasteiger partial charge is 0.251 e. The maximum absolute atomic E-state index is 13.5. The molecule has 4 rings (SSSR count). The van der Waals surface area contributed by atoms with Crippen LogP contribution in [-0.2, 0) is 20.7 Å². The molecule has 0 spiro atoms. The summed E-state index contributed by atoms with van der Waals surface area (Å²) in [6, 6.07) is 13.6. The van der Waals surface area contributed by atoms with E-state index in [0.717, 1.165) is 5.56 Å². The van der Waals surface area contributed by atoms with Crippen LogP contribution >= 0.6 is 0 Å². The van der Waals surface area contributed by atoms with Gasteiger partial charge in [0.25, 0.3) is 5.91 Å². The molecule has 30 heavy (non-hydrogen) atoms. The molecule has 2 aromatic rings. The molecule has 2 aliphatic heterocycles. The molecule has 2 heterocycles. The predicted molar refractivity (Wildman–Crippen MR) is 109 cm³/mol. The summed E-state index contributed by atoms with van der Waals surface area (Å²) < 4.78 is 5.41. The summed E-state index contributed by atoms with van der Waals surface area (Å²) in [4.78, 5) is 40.0. The average Bonchev–Trinajstić information content (AvgIpc) is 3.16. The fourth-order valence-electron chi connectivity index (χ4n) is 3.78. The Morgan fingerprint density at radius 1 is 1.13 bits per heavy atom. The van der Waals surface area contributed by atoms with Crippen LogP contribution in [0.5, 0.6) is 5.75 Å². The fraction of sp³-hybridized carbons (Fsp3) is 0.261. The van der Waals surface area contributed by atoms with Crippen LogP contribution in [0.3, 0.4) is 0 Å². The molecule has 0 saturated carbocycles. The average molecular weight is 406 g/mol. The lowest BCUT2D eigenvalue weighted by molar-refractivity contribution is -0.139. The van der Waals surface area contributed by atoms with Crippen LogP contribution in [0.2, 0.25) is 0 Å². The van der Waals surface area contributed by atoms with Crippen molar-refractivity contribution in [3.8, 4) is 5.75 Å². The van der Waals surface area contributed by atoms with E-state index in [2.05, 4.69) is 5.32 Å². The summed E-state index contributed by atoms with van der Waals surface area (Å²) >= 11 is 0. The normalized spacial score (nSPS) is 18.8. The number of phenolic OH excluding ortho intramolecular Hbond substituents is 1. The van der Waals surface area contributed by atoms with Crippen LogP contribution in [0.4, 0.5) is 0 Å². The number of rotatable bonds is 5. The van der Waals surface area contributed by atoms with E-state index in [-0.39, 0.29) is 36.4 Å². The number of aromatic hydroxyl groups is 1. The van der Waals surface area contributed by atoms with E-state index in [1.165, 1.54) is 17.0 Å². The van der Waals surface area contributed by atoms with Gasteiger partial charge in [0.15, 0.2) is 11.8 Å². The van der Waals surface area contributed by atoms with Crippen molar-refractivity contribution in [2.45, 2.75) is 24.9 Å². The van der Waals surface area contributed by atoms with E-state index in [1.54, 1.807) is 36.4 Å². The van der Waals surface area contributed by atoms with Crippen LogP contribution in [0, 0.1) is 0 Å². The molecule has 2 aliphatic rings. The molecule has 2 aromatic carbocycles. The maximum atomic E-state index is 13.5. The molecule has 2 N–H and O–H groups in total. The molecule has 154 valence electrons. The Morgan fingerprint density at radius 3 is 2.60 bits per heavy atom. The second kappa shape index (κ2) is 8.41. The Hall–Kier alpha value is -3.61. The SMILES string of the molecule is O=C(NC(Cc1ccc(O)cc1)C(=O)N1CCC=C2OCC(=O)C21)c1ccccc1. The second-order valence-corrected chi connectivity index (χ2v) is 7.35. The predicted octanol–water partition coefficient (Wildman–Crippen LogP) is 1.82. The summed E-state index contributed by atoms with van der Waals surface area (Å²) in [5.41, 5.74) is 1.22. The minimum atomic E-state index is -0.866. The number of nitrogens with one attached hydrogen (secondary N) is 1. The Bertz CT molecular complexity index is 984. The standard InChI is InChI=1S/C23H22N2O5/c26-17-10-8-15(9-11-17)13-18(24-22(28)16-5-2-1-3-6-16)23(29)25-12-4-7-20-21(25)19(27)14-30-20/h1-3,5-11,18,21,26H,4,12-14H2,(H,24,28). The minimum Gasteiger partial charge on any atom is -0.508 e. The van der Waals surface area contributed by atoms with Gasteiger partial charge in [-0.2, -0.15) is 0 Å². The van der Waals surface area contributed by atoms with Crippen LogP contribution in [0.15, 0.2) is 66.4 Å². The molecule has 2 amide bonds. The number of hydrogen-bond donors (Lipinski definition) is 2. The van der Waals surface area contributed by atoms with Gasteiger partial charge in [-0.25, -0.2) is 0 Å². The van der Waals surface area contributed by atoms with Crippen LogP contribution in [-0.4, -0.2) is 52.8 Å². The number of carbonyl (C=O) groups is 3. The van der Waals surface area contributed by atoms with Gasteiger partial charge in [-0.15, -0.1) is 0 Å². The summed E-state index contributed by atoms with van der Waals surface area (Å²) in [5, 5.41) is 12.4. The Balaban J connectivity index is 1.59. The molecular formula is C23H22N2O5. The number of phenols is 1. The van der Waals surface area contributed by atoms with E-state index in [0.29, 0.717) is 24.3 Å². The lowest BCUT2D eigenvalue weighted by atomic mass is 10.00. The highest BCUT2D eigenvalue weighted by molar-refractivity contribution is 5.99. The van der Waals surface area contributed by atoms with Crippen LogP contribution < -0.4 is 5.32 Å². The third-order valence-corrected chi connectivity index (χ3v) is 5.28. The Labute approximate surface area is 174 Å². The van der Waals surface area contributed by atoms with Gasteiger partial charge in [0.1, 0.15) is 24.2 Å². The largest absolute Gasteiger partial charge is 0.508 e. The molecule has 1 saturated heterocycles. The molecular weight excluding hydrogens is 384 g/mol. The number of ether oxygens (including phenoxy) is 1. The van der Waals surface area contributed by atoms with E-state index < -0.39 is 12.1 Å². The van der Waals surface area contributed by atoms with Gasteiger partial charge in [-0.1, -0.05) is 30.3 Å². The highest BCUT2D eigenvalue weighted by Crippen LogP contribution is 2.26. The van der Waals surface area contributed by atoms with Crippen molar-refractivity contribution in [2.75, 3.05) is 13.2 Å². The number of nitrogens with zero attached hydrogens (tertiary/aromatic N) is 1. The van der Waals surface area contributed by atoms with Gasteiger partial charge in [0.05, 0.1) is 0 Å². The van der Waals surface area contributed by atoms with E-state index in [4.69, 9.17) is 4.74 Å². The first-order valence-corrected chi connectivity index (χ1v) is 9.83. The number of ketones is 1. The molecule has 0 aliphatic carbocycles. The summed E-state index contributed by atoms with van der Waals surface area (Å²) in [7, 11) is 0. The molecule has 7 nitrogen and oxygen atoms in total. The molecule has 7 heteroatoms. The zero-order chi connectivity index (χ0) is 21.1. The maximum Gasteiger partial charge on any atom is 0.251 e.